The van der Waals surface area contributed by atoms with E-state index in [1.165, 1.54) is 18.2 Å². The number of allylic oxidation sites excluding steroid dienone is 1. The Morgan fingerprint density at radius 1 is 1.44 bits per heavy atom. The summed E-state index contributed by atoms with van der Waals surface area (Å²) in [5, 5.41) is 9.86. The molecule has 0 spiro atoms. The molecule has 0 fully saturated rings. The summed E-state index contributed by atoms with van der Waals surface area (Å²) in [5.41, 5.74) is -0.0462. The number of Topliss-reactive ketones (excluding diaryl/α,β-unsaturated/α-hetero) is 1. The number of nitrogens with zero attached hydrogens (tertiary/aromatic N) is 1. The fourth-order valence-electron chi connectivity index (χ4n) is 1.28. The smallest absolute Gasteiger partial charge is 0.321 e. The fraction of sp³-hybridized carbons (Fsp3) is 0.100. The minimum atomic E-state index is -4.69. The molecule has 1 aromatic rings. The summed E-state index contributed by atoms with van der Waals surface area (Å²) in [4.78, 5) is 39.0. The minimum Gasteiger partial charge on any atom is -0.321 e. The minimum absolute atomic E-state index is 0.178. The van der Waals surface area contributed by atoms with Crippen LogP contribution in [0.15, 0.2) is 29.6 Å². The average molecular weight is 271 g/mol. The maximum atomic E-state index is 11.1. The normalized spacial score (nSPS) is 12.3. The van der Waals surface area contributed by atoms with E-state index in [-0.39, 0.29) is 11.3 Å². The zero-order chi connectivity index (χ0) is 13.9. The van der Waals surface area contributed by atoms with Gasteiger partial charge in [-0.25, -0.2) is 0 Å². The molecule has 0 unspecified atom stereocenters. The molecule has 0 amide bonds. The molecule has 18 heavy (non-hydrogen) atoms. The Bertz CT molecular complexity index is 573. The van der Waals surface area contributed by atoms with Crippen molar-refractivity contribution in [3.05, 3.63) is 45.3 Å². The Hall–Kier alpha value is -1.82. The van der Waals surface area contributed by atoms with Crippen molar-refractivity contribution in [1.29, 1.82) is 0 Å². The molecule has 0 heterocycles. The topological polar surface area (TPSA) is 118 Å². The molecule has 0 saturated carbocycles. The van der Waals surface area contributed by atoms with Crippen molar-refractivity contribution < 1.29 is 24.1 Å². The van der Waals surface area contributed by atoms with Crippen molar-refractivity contribution in [3.8, 4) is 0 Å². The van der Waals surface area contributed by atoms with Crippen molar-refractivity contribution in [3.63, 3.8) is 0 Å². The molecule has 0 aliphatic carbocycles. The highest BCUT2D eigenvalue weighted by molar-refractivity contribution is 7.58. The second-order valence-electron chi connectivity index (χ2n) is 3.48. The summed E-state index contributed by atoms with van der Waals surface area (Å²) < 4.78 is 11.1. The van der Waals surface area contributed by atoms with Crippen LogP contribution in [-0.4, -0.2) is 20.5 Å². The predicted molar refractivity (Wildman–Crippen MR) is 63.8 cm³/mol. The van der Waals surface area contributed by atoms with Crippen LogP contribution in [0.5, 0.6) is 0 Å². The summed E-state index contributed by atoms with van der Waals surface area (Å²) in [5.74, 6) is -0.783. The molecule has 0 bridgehead atoms. The number of rotatable bonds is 4. The van der Waals surface area contributed by atoms with Crippen LogP contribution >= 0.6 is 7.60 Å². The highest BCUT2D eigenvalue weighted by Gasteiger charge is 2.25. The Labute approximate surface area is 102 Å². The summed E-state index contributed by atoms with van der Waals surface area (Å²) in [6.07, 6.45) is 0.954. The van der Waals surface area contributed by atoms with Gasteiger partial charge in [-0.05, 0) is 18.6 Å². The zero-order valence-corrected chi connectivity index (χ0v) is 10.2. The van der Waals surface area contributed by atoms with E-state index in [4.69, 9.17) is 9.79 Å². The lowest BCUT2D eigenvalue weighted by Crippen LogP contribution is -1.97. The number of hydrogen-bond acceptors (Lipinski definition) is 4. The maximum absolute atomic E-state index is 11.1. The van der Waals surface area contributed by atoms with Crippen LogP contribution in [0.2, 0.25) is 0 Å². The third-order valence-electron chi connectivity index (χ3n) is 2.06. The molecule has 1 rings (SSSR count). The number of carbonyl (C=O) groups excluding carboxylic acids is 1. The second-order valence-corrected chi connectivity index (χ2v) is 5.05. The van der Waals surface area contributed by atoms with E-state index in [1.54, 1.807) is 0 Å². The molecule has 7 nitrogen and oxygen atoms in total. The first-order valence-corrected chi connectivity index (χ1v) is 6.36. The van der Waals surface area contributed by atoms with Gasteiger partial charge < -0.3 is 9.79 Å². The van der Waals surface area contributed by atoms with Crippen molar-refractivity contribution in [2.45, 2.75) is 6.92 Å². The number of carbonyl (C=O) groups is 1. The number of non-ortho nitro benzene ring substituents is 1. The Balaban J connectivity index is 3.29. The summed E-state index contributed by atoms with van der Waals surface area (Å²) in [7, 11) is -4.69. The molecule has 1 aromatic carbocycles. The van der Waals surface area contributed by atoms with Gasteiger partial charge in [0, 0.05) is 12.1 Å². The molecule has 8 heteroatoms. The molecule has 0 aliphatic rings. The van der Waals surface area contributed by atoms with Crippen LogP contribution in [-0.2, 0) is 9.36 Å². The van der Waals surface area contributed by atoms with E-state index < -0.39 is 23.6 Å². The van der Waals surface area contributed by atoms with Crippen LogP contribution in [0, 0.1) is 10.1 Å². The van der Waals surface area contributed by atoms with Crippen molar-refractivity contribution in [2.75, 3.05) is 0 Å². The number of nitro benzene ring substituents is 1. The SMILES string of the molecule is CC(=O)/C(=C/c1cccc([N+](=O)[O-])c1)P(=O)(O)O. The fourth-order valence-corrected chi connectivity index (χ4v) is 2.00. The number of nitro groups is 1. The maximum Gasteiger partial charge on any atom is 0.359 e. The van der Waals surface area contributed by atoms with Gasteiger partial charge in [-0.2, -0.15) is 0 Å². The van der Waals surface area contributed by atoms with E-state index in [1.807, 2.05) is 0 Å². The van der Waals surface area contributed by atoms with Gasteiger partial charge in [0.1, 0.15) is 5.31 Å². The third-order valence-corrected chi connectivity index (χ3v) is 3.13. The molecule has 0 aromatic heterocycles. The van der Waals surface area contributed by atoms with Crippen LogP contribution in [0.4, 0.5) is 5.69 Å². The van der Waals surface area contributed by atoms with Crippen molar-refractivity contribution >= 4 is 25.1 Å². The third kappa shape index (κ3) is 3.59. The van der Waals surface area contributed by atoms with Crippen molar-refractivity contribution in [1.82, 2.24) is 0 Å². The quantitative estimate of drug-likeness (QED) is 0.372. The molecule has 0 atom stereocenters. The number of hydrogen-bond donors (Lipinski definition) is 2. The monoisotopic (exact) mass is 271 g/mol. The average Bonchev–Trinajstić information content (AvgIpc) is 2.24. The van der Waals surface area contributed by atoms with E-state index in [9.17, 15) is 19.5 Å². The number of benzene rings is 1. The highest BCUT2D eigenvalue weighted by Crippen LogP contribution is 2.46. The molecular formula is C10H10NO6P. The Morgan fingerprint density at radius 2 is 2.06 bits per heavy atom. The molecule has 0 radical (unpaired) electrons. The highest BCUT2D eigenvalue weighted by atomic mass is 31.2. The largest absolute Gasteiger partial charge is 0.359 e. The second kappa shape index (κ2) is 5.22. The van der Waals surface area contributed by atoms with E-state index in [0.29, 0.717) is 0 Å². The summed E-state index contributed by atoms with van der Waals surface area (Å²) in [6, 6.07) is 5.13. The molecule has 0 aliphatic heterocycles. The van der Waals surface area contributed by atoms with Gasteiger partial charge in [0.05, 0.1) is 4.92 Å². The van der Waals surface area contributed by atoms with Gasteiger partial charge in [0.15, 0.2) is 5.78 Å². The Kier molecular flexibility index (Phi) is 4.13. The van der Waals surface area contributed by atoms with Gasteiger partial charge >= 0.3 is 7.60 Å². The van der Waals surface area contributed by atoms with E-state index in [2.05, 4.69) is 0 Å². The van der Waals surface area contributed by atoms with Gasteiger partial charge in [0.25, 0.3) is 5.69 Å². The van der Waals surface area contributed by atoms with Gasteiger partial charge in [0.2, 0.25) is 0 Å². The summed E-state index contributed by atoms with van der Waals surface area (Å²) in [6.45, 7) is 1.02. The lowest BCUT2D eigenvalue weighted by molar-refractivity contribution is -0.384. The standard InChI is InChI=1S/C10H10NO6P/c1-7(12)10(18(15,16)17)6-8-3-2-4-9(5-8)11(13)14/h2-6H,1H3,(H2,15,16,17)/b10-6-. The lowest BCUT2D eigenvalue weighted by atomic mass is 10.2. The summed E-state index contributed by atoms with van der Waals surface area (Å²) >= 11 is 0. The lowest BCUT2D eigenvalue weighted by Gasteiger charge is -2.05. The van der Waals surface area contributed by atoms with Crippen molar-refractivity contribution in [2.24, 2.45) is 0 Å². The van der Waals surface area contributed by atoms with Crippen LogP contribution < -0.4 is 0 Å². The van der Waals surface area contributed by atoms with Crippen LogP contribution in [0.3, 0.4) is 0 Å². The first-order valence-electron chi connectivity index (χ1n) is 4.75. The molecular weight excluding hydrogens is 261 g/mol. The number of ketones is 1. The zero-order valence-electron chi connectivity index (χ0n) is 9.31. The molecule has 0 saturated heterocycles. The predicted octanol–water partition coefficient (Wildman–Crippen LogP) is 1.70. The van der Waals surface area contributed by atoms with Crippen LogP contribution in [0.25, 0.3) is 6.08 Å². The van der Waals surface area contributed by atoms with Gasteiger partial charge in [-0.15, -0.1) is 0 Å². The first-order chi connectivity index (χ1) is 8.21. The van der Waals surface area contributed by atoms with E-state index >= 15 is 0 Å². The van der Waals surface area contributed by atoms with Gasteiger partial charge in [-0.1, -0.05) is 12.1 Å². The Morgan fingerprint density at radius 3 is 2.50 bits per heavy atom. The van der Waals surface area contributed by atoms with Crippen LogP contribution in [0.1, 0.15) is 12.5 Å². The molecule has 2 N–H and O–H groups in total. The first kappa shape index (κ1) is 14.2. The molecule has 96 valence electrons. The van der Waals surface area contributed by atoms with E-state index in [0.717, 1.165) is 19.1 Å². The van der Waals surface area contributed by atoms with Gasteiger partial charge in [-0.3, -0.25) is 19.5 Å².